The molecule has 0 aliphatic heterocycles. The Bertz CT molecular complexity index is 1050. The minimum atomic E-state index is -0.684. The Labute approximate surface area is 170 Å². The number of carbonyl (C=O) groups excluding carboxylic acids is 1. The first-order valence-electron chi connectivity index (χ1n) is 9.30. The highest BCUT2D eigenvalue weighted by molar-refractivity contribution is 5.73. The second-order valence-electron chi connectivity index (χ2n) is 6.56. The van der Waals surface area contributed by atoms with E-state index < -0.39 is 5.41 Å². The van der Waals surface area contributed by atoms with Crippen molar-refractivity contribution >= 4 is 6.29 Å². The van der Waals surface area contributed by atoms with E-state index in [9.17, 15) is 4.79 Å². The Hall–Kier alpha value is -4.03. The smallest absolute Gasteiger partial charge is 0.204 e. The summed E-state index contributed by atoms with van der Waals surface area (Å²) in [5.41, 5.74) is 2.94. The number of aromatic nitrogens is 2. The third kappa shape index (κ3) is 3.69. The molecule has 0 N–H and O–H groups in total. The van der Waals surface area contributed by atoms with E-state index in [0.717, 1.165) is 23.0 Å². The molecule has 3 aromatic carbocycles. The van der Waals surface area contributed by atoms with E-state index >= 15 is 0 Å². The highest BCUT2D eigenvalue weighted by Gasteiger charge is 2.34. The fourth-order valence-corrected chi connectivity index (χ4v) is 3.39. The molecule has 0 aliphatic rings. The SMILES string of the molecule is O=Cc1cnc(C#CC(c2ccccc2)(c2ccccc2)c2ccccc2)nc1. The molecule has 0 atom stereocenters. The van der Waals surface area contributed by atoms with Crippen molar-refractivity contribution in [1.82, 2.24) is 9.97 Å². The van der Waals surface area contributed by atoms with Crippen LogP contribution in [0, 0.1) is 11.8 Å². The van der Waals surface area contributed by atoms with Gasteiger partial charge in [0.15, 0.2) is 6.29 Å². The van der Waals surface area contributed by atoms with Crippen molar-refractivity contribution in [3.05, 3.63) is 131 Å². The Morgan fingerprint density at radius 2 is 1.07 bits per heavy atom. The van der Waals surface area contributed by atoms with Crippen LogP contribution in [0.3, 0.4) is 0 Å². The molecule has 0 saturated carbocycles. The Morgan fingerprint density at radius 3 is 1.45 bits per heavy atom. The first kappa shape index (κ1) is 18.3. The molecule has 0 radical (unpaired) electrons. The minimum Gasteiger partial charge on any atom is -0.298 e. The molecule has 4 aromatic rings. The van der Waals surface area contributed by atoms with Gasteiger partial charge in [-0.05, 0) is 22.6 Å². The van der Waals surface area contributed by atoms with Crippen molar-refractivity contribution in [1.29, 1.82) is 0 Å². The lowest BCUT2D eigenvalue weighted by Gasteiger charge is -2.30. The molecule has 0 fully saturated rings. The molecule has 1 heterocycles. The molecule has 3 nitrogen and oxygen atoms in total. The lowest BCUT2D eigenvalue weighted by Crippen LogP contribution is -2.27. The number of carbonyl (C=O) groups is 1. The zero-order chi connectivity index (χ0) is 19.9. The zero-order valence-electron chi connectivity index (χ0n) is 15.7. The molecule has 0 bridgehead atoms. The van der Waals surface area contributed by atoms with Crippen LogP contribution in [-0.2, 0) is 5.41 Å². The Balaban J connectivity index is 1.98. The number of nitrogens with zero attached hydrogens (tertiary/aromatic N) is 2. The van der Waals surface area contributed by atoms with Crippen molar-refractivity contribution in [2.24, 2.45) is 0 Å². The van der Waals surface area contributed by atoms with E-state index in [0.29, 0.717) is 11.4 Å². The number of benzene rings is 3. The predicted octanol–water partition coefficient (Wildman–Crippen LogP) is 4.68. The van der Waals surface area contributed by atoms with Gasteiger partial charge in [0.25, 0.3) is 0 Å². The maximum Gasteiger partial charge on any atom is 0.204 e. The molecular weight excluding hydrogens is 356 g/mol. The average molecular weight is 374 g/mol. The van der Waals surface area contributed by atoms with Gasteiger partial charge in [0.2, 0.25) is 5.82 Å². The highest BCUT2D eigenvalue weighted by atomic mass is 16.1. The van der Waals surface area contributed by atoms with E-state index in [-0.39, 0.29) is 0 Å². The summed E-state index contributed by atoms with van der Waals surface area (Å²) in [4.78, 5) is 19.3. The Kier molecular flexibility index (Phi) is 5.27. The molecule has 4 rings (SSSR count). The van der Waals surface area contributed by atoms with Crippen LogP contribution in [0.2, 0.25) is 0 Å². The van der Waals surface area contributed by atoms with Crippen LogP contribution >= 0.6 is 0 Å². The van der Waals surface area contributed by atoms with E-state index in [2.05, 4.69) is 58.2 Å². The van der Waals surface area contributed by atoms with Gasteiger partial charge in [0.1, 0.15) is 5.41 Å². The van der Waals surface area contributed by atoms with Crippen LogP contribution < -0.4 is 0 Å². The summed E-state index contributed by atoms with van der Waals surface area (Å²) in [6.07, 6.45) is 3.69. The molecule has 0 saturated heterocycles. The topological polar surface area (TPSA) is 42.9 Å². The fraction of sp³-hybridized carbons (Fsp3) is 0.0385. The first-order chi connectivity index (χ1) is 14.3. The third-order valence-electron chi connectivity index (χ3n) is 4.79. The van der Waals surface area contributed by atoms with Crippen molar-refractivity contribution < 1.29 is 4.79 Å². The maximum atomic E-state index is 10.9. The van der Waals surface area contributed by atoms with Crippen LogP contribution in [0.5, 0.6) is 0 Å². The van der Waals surface area contributed by atoms with Crippen LogP contribution in [0.15, 0.2) is 103 Å². The van der Waals surface area contributed by atoms with Gasteiger partial charge in [-0.2, -0.15) is 0 Å². The second kappa shape index (κ2) is 8.33. The summed E-state index contributed by atoms with van der Waals surface area (Å²) in [5.74, 6) is 6.99. The van der Waals surface area contributed by atoms with Gasteiger partial charge in [0.05, 0.1) is 5.56 Å². The van der Waals surface area contributed by atoms with Gasteiger partial charge in [-0.3, -0.25) is 4.79 Å². The van der Waals surface area contributed by atoms with Gasteiger partial charge < -0.3 is 0 Å². The van der Waals surface area contributed by atoms with Crippen molar-refractivity contribution in [2.75, 3.05) is 0 Å². The Morgan fingerprint density at radius 1 is 0.655 bits per heavy atom. The minimum absolute atomic E-state index is 0.378. The standard InChI is InChI=1S/C26H18N2O/c29-20-21-18-27-25(28-19-21)16-17-26(22-10-4-1-5-11-22,23-12-6-2-7-13-23)24-14-8-3-9-15-24/h1-15,18-20H. The predicted molar refractivity (Wildman–Crippen MR) is 114 cm³/mol. The van der Waals surface area contributed by atoms with E-state index in [1.165, 1.54) is 12.4 Å². The molecule has 0 unspecified atom stereocenters. The first-order valence-corrected chi connectivity index (χ1v) is 9.30. The molecule has 1 aromatic heterocycles. The van der Waals surface area contributed by atoms with Crippen LogP contribution in [0.1, 0.15) is 32.9 Å². The summed E-state index contributed by atoms with van der Waals surface area (Å²) in [5, 5.41) is 0. The lowest BCUT2D eigenvalue weighted by molar-refractivity contribution is 0.112. The number of hydrogen-bond donors (Lipinski definition) is 0. The van der Waals surface area contributed by atoms with Crippen LogP contribution in [0.4, 0.5) is 0 Å². The summed E-state index contributed by atoms with van der Waals surface area (Å²) < 4.78 is 0. The second-order valence-corrected chi connectivity index (χ2v) is 6.56. The molecule has 29 heavy (non-hydrogen) atoms. The summed E-state index contributed by atoms with van der Waals surface area (Å²) in [6, 6.07) is 30.7. The van der Waals surface area contributed by atoms with Crippen LogP contribution in [0.25, 0.3) is 0 Å². The third-order valence-corrected chi connectivity index (χ3v) is 4.79. The lowest BCUT2D eigenvalue weighted by atomic mass is 9.70. The molecule has 0 aliphatic carbocycles. The van der Waals surface area contributed by atoms with Crippen LogP contribution in [-0.4, -0.2) is 16.3 Å². The van der Waals surface area contributed by atoms with Crippen molar-refractivity contribution in [2.45, 2.75) is 5.41 Å². The van der Waals surface area contributed by atoms with Gasteiger partial charge in [-0.25, -0.2) is 9.97 Å². The monoisotopic (exact) mass is 374 g/mol. The van der Waals surface area contributed by atoms with Gasteiger partial charge in [-0.1, -0.05) is 96.9 Å². The quantitative estimate of drug-likeness (QED) is 0.296. The fourth-order valence-electron chi connectivity index (χ4n) is 3.39. The van der Waals surface area contributed by atoms with E-state index in [1.54, 1.807) is 0 Å². The summed E-state index contributed by atoms with van der Waals surface area (Å²) in [6.45, 7) is 0. The maximum absolute atomic E-state index is 10.9. The summed E-state index contributed by atoms with van der Waals surface area (Å²) in [7, 11) is 0. The normalized spacial score (nSPS) is 10.6. The molecule has 0 spiro atoms. The van der Waals surface area contributed by atoms with Gasteiger partial charge in [-0.15, -0.1) is 0 Å². The molecule has 3 heteroatoms. The van der Waals surface area contributed by atoms with Gasteiger partial charge >= 0.3 is 0 Å². The van der Waals surface area contributed by atoms with Gasteiger partial charge in [0, 0.05) is 12.4 Å². The van der Waals surface area contributed by atoms with E-state index in [4.69, 9.17) is 0 Å². The molecule has 0 amide bonds. The number of rotatable bonds is 4. The van der Waals surface area contributed by atoms with Crippen molar-refractivity contribution in [3.8, 4) is 11.8 Å². The average Bonchev–Trinajstić information content (AvgIpc) is 2.82. The van der Waals surface area contributed by atoms with Crippen molar-refractivity contribution in [3.63, 3.8) is 0 Å². The number of hydrogen-bond acceptors (Lipinski definition) is 3. The highest BCUT2D eigenvalue weighted by Crippen LogP contribution is 2.38. The number of aldehydes is 1. The molecular formula is C26H18N2O. The largest absolute Gasteiger partial charge is 0.298 e. The molecule has 138 valence electrons. The summed E-state index contributed by atoms with van der Waals surface area (Å²) >= 11 is 0. The zero-order valence-corrected chi connectivity index (χ0v) is 15.7. The van der Waals surface area contributed by atoms with E-state index in [1.807, 2.05) is 54.6 Å².